The van der Waals surface area contributed by atoms with Gasteiger partial charge in [0.25, 0.3) is 0 Å². The third kappa shape index (κ3) is 4.75. The summed E-state index contributed by atoms with van der Waals surface area (Å²) in [5, 5.41) is 2.32. The van der Waals surface area contributed by atoms with Gasteiger partial charge in [-0.1, -0.05) is 48.9 Å². The van der Waals surface area contributed by atoms with Gasteiger partial charge in [0.1, 0.15) is 5.78 Å². The molecular formula is C26H29ClN2O2S. The molecule has 0 unspecified atom stereocenters. The molecule has 0 saturated heterocycles. The lowest BCUT2D eigenvalue weighted by Crippen LogP contribution is -2.36. The van der Waals surface area contributed by atoms with E-state index < -0.39 is 5.91 Å². The molecule has 3 aromatic rings. The first-order valence-corrected chi connectivity index (χ1v) is 12.0. The Labute approximate surface area is 199 Å². The van der Waals surface area contributed by atoms with Crippen molar-refractivity contribution in [3.05, 3.63) is 68.9 Å². The van der Waals surface area contributed by atoms with E-state index >= 15 is 0 Å². The number of hydrogen-bond donors (Lipinski definition) is 1. The van der Waals surface area contributed by atoms with E-state index in [4.69, 9.17) is 5.73 Å². The highest BCUT2D eigenvalue weighted by molar-refractivity contribution is 7.12. The molecule has 0 radical (unpaired) electrons. The summed E-state index contributed by atoms with van der Waals surface area (Å²) in [6, 6.07) is 14.3. The minimum atomic E-state index is -0.390. The molecule has 32 heavy (non-hydrogen) atoms. The van der Waals surface area contributed by atoms with E-state index in [1.165, 1.54) is 29.5 Å². The Balaban J connectivity index is 0.00000245. The molecule has 0 spiro atoms. The van der Waals surface area contributed by atoms with Gasteiger partial charge in [-0.25, -0.2) is 0 Å². The van der Waals surface area contributed by atoms with Gasteiger partial charge in [-0.2, -0.15) is 0 Å². The largest absolute Gasteiger partial charge is 0.366 e. The van der Waals surface area contributed by atoms with Gasteiger partial charge in [0, 0.05) is 42.2 Å². The van der Waals surface area contributed by atoms with E-state index in [0.717, 1.165) is 53.4 Å². The molecule has 2 N–H and O–H groups in total. The average Bonchev–Trinajstić information content (AvgIpc) is 3.07. The fourth-order valence-corrected chi connectivity index (χ4v) is 6.37. The highest BCUT2D eigenvalue weighted by Gasteiger charge is 2.29. The quantitative estimate of drug-likeness (QED) is 0.534. The number of hydrogen-bond acceptors (Lipinski definition) is 4. The van der Waals surface area contributed by atoms with Crippen molar-refractivity contribution in [2.75, 3.05) is 13.1 Å². The van der Waals surface area contributed by atoms with Crippen LogP contribution >= 0.6 is 23.7 Å². The summed E-state index contributed by atoms with van der Waals surface area (Å²) >= 11 is 1.62. The maximum Gasteiger partial charge on any atom is 0.250 e. The molecule has 1 fully saturated rings. The van der Waals surface area contributed by atoms with Gasteiger partial charge in [0.15, 0.2) is 0 Å². The fraction of sp³-hybridized carbons (Fsp3) is 0.385. The highest BCUT2D eigenvalue weighted by atomic mass is 35.5. The fourth-order valence-electron chi connectivity index (χ4n) is 4.94. The van der Waals surface area contributed by atoms with Gasteiger partial charge in [-0.05, 0) is 47.1 Å². The Bertz CT molecular complexity index is 1150. The molecule has 0 atom stereocenters. The molecule has 4 nitrogen and oxygen atoms in total. The molecule has 2 heterocycles. The minimum absolute atomic E-state index is 0. The van der Waals surface area contributed by atoms with Gasteiger partial charge >= 0.3 is 0 Å². The van der Waals surface area contributed by atoms with Crippen molar-refractivity contribution in [3.8, 4) is 0 Å². The maximum atomic E-state index is 12.9. The van der Waals surface area contributed by atoms with Crippen molar-refractivity contribution in [3.63, 3.8) is 0 Å². The molecule has 1 amide bonds. The van der Waals surface area contributed by atoms with Crippen molar-refractivity contribution in [1.82, 2.24) is 4.90 Å². The van der Waals surface area contributed by atoms with Crippen LogP contribution < -0.4 is 5.73 Å². The zero-order valence-corrected chi connectivity index (χ0v) is 19.8. The predicted molar refractivity (Wildman–Crippen MR) is 133 cm³/mol. The molecule has 6 heteroatoms. The first-order chi connectivity index (χ1) is 15.1. The highest BCUT2D eigenvalue weighted by Crippen LogP contribution is 2.35. The predicted octanol–water partition coefficient (Wildman–Crippen LogP) is 4.93. The molecule has 2 aromatic carbocycles. The summed E-state index contributed by atoms with van der Waals surface area (Å²) in [7, 11) is 0. The van der Waals surface area contributed by atoms with Crippen molar-refractivity contribution >= 4 is 46.2 Å². The van der Waals surface area contributed by atoms with E-state index in [0.29, 0.717) is 12.0 Å². The number of rotatable bonds is 7. The summed E-state index contributed by atoms with van der Waals surface area (Å²) in [4.78, 5) is 29.8. The molecule has 168 valence electrons. The van der Waals surface area contributed by atoms with Crippen LogP contribution in [0, 0.1) is 5.92 Å². The second-order valence-electron chi connectivity index (χ2n) is 9.02. The lowest BCUT2D eigenvalue weighted by Gasteiger charge is -2.34. The summed E-state index contributed by atoms with van der Waals surface area (Å²) in [6.07, 6.45) is 5.56. The minimum Gasteiger partial charge on any atom is -0.366 e. The second-order valence-corrected chi connectivity index (χ2v) is 10.2. The number of nitrogens with zero attached hydrogens (tertiary/aromatic N) is 1. The molecule has 5 rings (SSSR count). The number of carbonyl (C=O) groups is 2. The number of amides is 1. The number of ketones is 1. The van der Waals surface area contributed by atoms with E-state index in [1.54, 1.807) is 11.3 Å². The standard InChI is InChI=1S/C26H28N2O2S.ClH/c27-26(30)25-22-10-11-28(15-17-4-3-5-17)16-24(22)31-23(25)14-21(29)13-18-8-9-19-6-1-2-7-20(19)12-18;/h1-2,6-9,12,17H,3-5,10-11,13-16H2,(H2,27,30);1H. The van der Waals surface area contributed by atoms with Crippen molar-refractivity contribution < 1.29 is 9.59 Å². The van der Waals surface area contributed by atoms with Crippen LogP contribution in [0.4, 0.5) is 0 Å². The third-order valence-electron chi connectivity index (χ3n) is 6.77. The number of carbonyl (C=O) groups excluding carboxylic acids is 2. The molecule has 1 aliphatic carbocycles. The number of benzene rings is 2. The lowest BCUT2D eigenvalue weighted by atomic mass is 9.84. The van der Waals surface area contributed by atoms with Gasteiger partial charge in [-0.15, -0.1) is 23.7 Å². The third-order valence-corrected chi connectivity index (χ3v) is 7.99. The maximum absolute atomic E-state index is 12.9. The number of fused-ring (bicyclic) bond motifs is 2. The summed E-state index contributed by atoms with van der Waals surface area (Å²) in [6.45, 7) is 3.01. The topological polar surface area (TPSA) is 63.4 Å². The van der Waals surface area contributed by atoms with Crippen LogP contribution in [0.2, 0.25) is 0 Å². The molecule has 1 saturated carbocycles. The van der Waals surface area contributed by atoms with Crippen molar-refractivity contribution in [1.29, 1.82) is 0 Å². The van der Waals surface area contributed by atoms with Gasteiger partial charge in [-0.3, -0.25) is 14.5 Å². The Morgan fingerprint density at radius 2 is 1.84 bits per heavy atom. The summed E-state index contributed by atoms with van der Waals surface area (Å²) in [5.41, 5.74) is 8.49. The molecule has 1 aliphatic heterocycles. The van der Waals surface area contributed by atoms with Crippen LogP contribution in [-0.4, -0.2) is 29.7 Å². The SMILES string of the molecule is Cl.NC(=O)c1c(CC(=O)Cc2ccc3ccccc3c2)sc2c1CCN(CC1CCC1)C2. The van der Waals surface area contributed by atoms with Gasteiger partial charge in [0.05, 0.1) is 5.56 Å². The lowest BCUT2D eigenvalue weighted by molar-refractivity contribution is -0.117. The van der Waals surface area contributed by atoms with Crippen LogP contribution in [-0.2, 0) is 30.6 Å². The zero-order chi connectivity index (χ0) is 21.4. The molecule has 0 bridgehead atoms. The van der Waals surface area contributed by atoms with E-state index in [9.17, 15) is 9.59 Å². The van der Waals surface area contributed by atoms with E-state index in [2.05, 4.69) is 29.2 Å². The van der Waals surface area contributed by atoms with Crippen LogP contribution in [0.5, 0.6) is 0 Å². The average molecular weight is 469 g/mol. The molecule has 2 aliphatic rings. The van der Waals surface area contributed by atoms with Crippen LogP contribution in [0.15, 0.2) is 42.5 Å². The van der Waals surface area contributed by atoms with E-state index in [1.807, 2.05) is 18.2 Å². The van der Waals surface area contributed by atoms with Crippen LogP contribution in [0.1, 0.15) is 50.5 Å². The van der Waals surface area contributed by atoms with E-state index in [-0.39, 0.29) is 24.6 Å². The summed E-state index contributed by atoms with van der Waals surface area (Å²) in [5.74, 6) is 0.571. The second kappa shape index (κ2) is 9.74. The number of thiophene rings is 1. The normalized spacial score (nSPS) is 16.2. The smallest absolute Gasteiger partial charge is 0.250 e. The first kappa shape index (κ1) is 23.0. The number of primary amides is 1. The molecule has 1 aromatic heterocycles. The first-order valence-electron chi connectivity index (χ1n) is 11.2. The number of nitrogens with two attached hydrogens (primary N) is 1. The van der Waals surface area contributed by atoms with Gasteiger partial charge < -0.3 is 5.73 Å². The Morgan fingerprint density at radius 1 is 1.06 bits per heavy atom. The van der Waals surface area contributed by atoms with Crippen molar-refractivity contribution in [2.24, 2.45) is 11.7 Å². The summed E-state index contributed by atoms with van der Waals surface area (Å²) < 4.78 is 0. The van der Waals surface area contributed by atoms with Crippen LogP contribution in [0.3, 0.4) is 0 Å². The monoisotopic (exact) mass is 468 g/mol. The number of halogens is 1. The Kier molecular flexibility index (Phi) is 6.99. The number of Topliss-reactive ketones (excluding diaryl/α,β-unsaturated/α-hetero) is 1. The zero-order valence-electron chi connectivity index (χ0n) is 18.1. The Hall–Kier alpha value is -2.21. The van der Waals surface area contributed by atoms with Crippen molar-refractivity contribution in [2.45, 2.75) is 45.1 Å². The van der Waals surface area contributed by atoms with Gasteiger partial charge in [0.2, 0.25) is 5.91 Å². The molecular weight excluding hydrogens is 440 g/mol. The van der Waals surface area contributed by atoms with Crippen LogP contribution in [0.25, 0.3) is 10.8 Å². The Morgan fingerprint density at radius 3 is 2.56 bits per heavy atom.